The first-order valence-electron chi connectivity index (χ1n) is 5.95. The second-order valence-electron chi connectivity index (χ2n) is 4.47. The van der Waals surface area contributed by atoms with Crippen molar-refractivity contribution in [3.05, 3.63) is 65.0 Å². The van der Waals surface area contributed by atoms with Crippen molar-refractivity contribution in [2.75, 3.05) is 5.32 Å². The maximum Gasteiger partial charge on any atom is 0.159 e. The fourth-order valence-corrected chi connectivity index (χ4v) is 1.90. The largest absolute Gasteiger partial charge is 0.376 e. The first kappa shape index (κ1) is 13.5. The molecule has 1 nitrogen and oxygen atoms in total. The fourth-order valence-electron chi connectivity index (χ4n) is 1.90. The summed E-state index contributed by atoms with van der Waals surface area (Å²) in [6.45, 7) is 3.54. The summed E-state index contributed by atoms with van der Waals surface area (Å²) in [5.74, 6) is -2.16. The molecule has 0 bridgehead atoms. The van der Waals surface area contributed by atoms with E-state index in [0.29, 0.717) is 11.3 Å². The van der Waals surface area contributed by atoms with Gasteiger partial charge in [0.25, 0.3) is 0 Å². The summed E-state index contributed by atoms with van der Waals surface area (Å²) < 4.78 is 39.7. The van der Waals surface area contributed by atoms with Gasteiger partial charge in [0.15, 0.2) is 11.6 Å². The minimum atomic E-state index is -0.906. The molecule has 2 aromatic carbocycles. The third kappa shape index (κ3) is 2.89. The zero-order valence-electron chi connectivity index (χ0n) is 10.7. The Kier molecular flexibility index (Phi) is 3.79. The molecule has 1 atom stereocenters. The number of hydrogen-bond acceptors (Lipinski definition) is 1. The van der Waals surface area contributed by atoms with Crippen molar-refractivity contribution in [2.24, 2.45) is 0 Å². The van der Waals surface area contributed by atoms with E-state index >= 15 is 0 Å². The van der Waals surface area contributed by atoms with Crippen LogP contribution in [0.5, 0.6) is 0 Å². The lowest BCUT2D eigenvalue weighted by Crippen LogP contribution is -2.09. The monoisotopic (exact) mass is 265 g/mol. The van der Waals surface area contributed by atoms with Crippen molar-refractivity contribution < 1.29 is 13.2 Å². The van der Waals surface area contributed by atoms with Gasteiger partial charge in [0.1, 0.15) is 5.82 Å². The fraction of sp³-hybridized carbons (Fsp3) is 0.200. The summed E-state index contributed by atoms with van der Waals surface area (Å²) in [5.41, 5.74) is 1.69. The second-order valence-corrected chi connectivity index (χ2v) is 4.47. The summed E-state index contributed by atoms with van der Waals surface area (Å²) in [5, 5.41) is 2.98. The van der Waals surface area contributed by atoms with Crippen LogP contribution in [0.25, 0.3) is 0 Å². The summed E-state index contributed by atoms with van der Waals surface area (Å²) in [6, 6.07) is 8.09. The molecular formula is C15H14F3N. The minimum Gasteiger partial charge on any atom is -0.376 e. The molecule has 2 rings (SSSR count). The van der Waals surface area contributed by atoms with E-state index in [2.05, 4.69) is 5.32 Å². The Morgan fingerprint density at radius 2 is 1.68 bits per heavy atom. The third-order valence-corrected chi connectivity index (χ3v) is 3.03. The molecule has 0 aliphatic rings. The van der Waals surface area contributed by atoms with Crippen LogP contribution in [0.3, 0.4) is 0 Å². The number of para-hydroxylation sites is 1. The minimum absolute atomic E-state index is 0.328. The molecule has 19 heavy (non-hydrogen) atoms. The van der Waals surface area contributed by atoms with Crippen LogP contribution in [0.2, 0.25) is 0 Å². The molecule has 2 aromatic rings. The maximum absolute atomic E-state index is 13.7. The van der Waals surface area contributed by atoms with E-state index in [4.69, 9.17) is 0 Å². The molecule has 0 radical (unpaired) electrons. The number of rotatable bonds is 3. The van der Waals surface area contributed by atoms with Gasteiger partial charge < -0.3 is 5.32 Å². The molecule has 0 saturated carbocycles. The topological polar surface area (TPSA) is 12.0 Å². The van der Waals surface area contributed by atoms with Crippen molar-refractivity contribution in [1.29, 1.82) is 0 Å². The Labute approximate surface area is 110 Å². The van der Waals surface area contributed by atoms with Gasteiger partial charge in [-0.2, -0.15) is 0 Å². The molecule has 0 saturated heterocycles. The molecule has 0 heterocycles. The van der Waals surface area contributed by atoms with Crippen molar-refractivity contribution in [3.8, 4) is 0 Å². The number of halogens is 3. The van der Waals surface area contributed by atoms with E-state index in [9.17, 15) is 13.2 Å². The van der Waals surface area contributed by atoms with Crippen molar-refractivity contribution >= 4 is 5.69 Å². The average Bonchev–Trinajstić information content (AvgIpc) is 2.37. The smallest absolute Gasteiger partial charge is 0.159 e. The van der Waals surface area contributed by atoms with Crippen LogP contribution in [0, 0.1) is 24.4 Å². The summed E-state index contributed by atoms with van der Waals surface area (Å²) in [7, 11) is 0. The lowest BCUT2D eigenvalue weighted by molar-refractivity contribution is 0.506. The average molecular weight is 265 g/mol. The SMILES string of the molecule is Cc1cccc(F)c1NC(C)c1ccc(F)c(F)c1. The van der Waals surface area contributed by atoms with E-state index in [1.165, 1.54) is 12.1 Å². The van der Waals surface area contributed by atoms with Crippen molar-refractivity contribution in [3.63, 3.8) is 0 Å². The van der Waals surface area contributed by atoms with Crippen LogP contribution >= 0.6 is 0 Å². The van der Waals surface area contributed by atoms with Gasteiger partial charge in [0.05, 0.1) is 5.69 Å². The quantitative estimate of drug-likeness (QED) is 0.856. The van der Waals surface area contributed by atoms with E-state index in [0.717, 1.165) is 17.7 Å². The standard InChI is InChI=1S/C15H14F3N/c1-9-4-3-5-13(17)15(9)19-10(2)11-6-7-12(16)14(18)8-11/h3-8,10,19H,1-2H3. The van der Waals surface area contributed by atoms with Crippen LogP contribution in [0.15, 0.2) is 36.4 Å². The zero-order chi connectivity index (χ0) is 14.0. The molecule has 0 fully saturated rings. The summed E-state index contributed by atoms with van der Waals surface area (Å²) >= 11 is 0. The van der Waals surface area contributed by atoms with Gasteiger partial charge in [-0.1, -0.05) is 18.2 Å². The Bertz CT molecular complexity index is 576. The number of hydrogen-bond donors (Lipinski definition) is 1. The highest BCUT2D eigenvalue weighted by Gasteiger charge is 2.12. The molecule has 4 heteroatoms. The van der Waals surface area contributed by atoms with E-state index in [1.54, 1.807) is 26.0 Å². The first-order chi connectivity index (χ1) is 8.99. The van der Waals surface area contributed by atoms with E-state index in [-0.39, 0.29) is 11.9 Å². The first-order valence-corrected chi connectivity index (χ1v) is 5.95. The molecule has 0 aliphatic carbocycles. The molecule has 0 aliphatic heterocycles. The molecule has 1 N–H and O–H groups in total. The van der Waals surface area contributed by atoms with Gasteiger partial charge in [0, 0.05) is 6.04 Å². The number of benzene rings is 2. The predicted molar refractivity (Wildman–Crippen MR) is 69.5 cm³/mol. The van der Waals surface area contributed by atoms with Crippen molar-refractivity contribution in [1.82, 2.24) is 0 Å². The van der Waals surface area contributed by atoms with Crippen LogP contribution in [-0.2, 0) is 0 Å². The van der Waals surface area contributed by atoms with Crippen LogP contribution in [0.1, 0.15) is 24.1 Å². The van der Waals surface area contributed by atoms with Gasteiger partial charge in [-0.15, -0.1) is 0 Å². The highest BCUT2D eigenvalue weighted by Crippen LogP contribution is 2.25. The molecular weight excluding hydrogens is 251 g/mol. The summed E-state index contributed by atoms with van der Waals surface area (Å²) in [6.07, 6.45) is 0. The second kappa shape index (κ2) is 5.34. The van der Waals surface area contributed by atoms with E-state index < -0.39 is 11.6 Å². The Balaban J connectivity index is 2.25. The number of nitrogens with one attached hydrogen (secondary N) is 1. The lowest BCUT2D eigenvalue weighted by Gasteiger charge is -2.18. The molecule has 0 amide bonds. The third-order valence-electron chi connectivity index (χ3n) is 3.03. The molecule has 100 valence electrons. The van der Waals surface area contributed by atoms with Gasteiger partial charge >= 0.3 is 0 Å². The van der Waals surface area contributed by atoms with Crippen LogP contribution in [0.4, 0.5) is 18.9 Å². The van der Waals surface area contributed by atoms with Gasteiger partial charge in [0.2, 0.25) is 0 Å². The van der Waals surface area contributed by atoms with Gasteiger partial charge in [-0.05, 0) is 43.2 Å². The zero-order valence-corrected chi connectivity index (χ0v) is 10.7. The Hall–Kier alpha value is -1.97. The molecule has 0 aromatic heterocycles. The normalized spacial score (nSPS) is 12.3. The lowest BCUT2D eigenvalue weighted by atomic mass is 10.1. The Morgan fingerprint density at radius 3 is 2.32 bits per heavy atom. The summed E-state index contributed by atoms with van der Waals surface area (Å²) in [4.78, 5) is 0. The highest BCUT2D eigenvalue weighted by molar-refractivity contribution is 5.53. The molecule has 1 unspecified atom stereocenters. The maximum atomic E-state index is 13.7. The molecule has 0 spiro atoms. The van der Waals surface area contributed by atoms with Crippen LogP contribution < -0.4 is 5.32 Å². The Morgan fingerprint density at radius 1 is 0.947 bits per heavy atom. The van der Waals surface area contributed by atoms with Gasteiger partial charge in [-0.25, -0.2) is 13.2 Å². The highest BCUT2D eigenvalue weighted by atomic mass is 19.2. The van der Waals surface area contributed by atoms with E-state index in [1.807, 2.05) is 0 Å². The van der Waals surface area contributed by atoms with Gasteiger partial charge in [-0.3, -0.25) is 0 Å². The number of aryl methyl sites for hydroxylation is 1. The van der Waals surface area contributed by atoms with Crippen LogP contribution in [-0.4, -0.2) is 0 Å². The predicted octanol–water partition coefficient (Wildman–Crippen LogP) is 4.59. The van der Waals surface area contributed by atoms with Crippen molar-refractivity contribution in [2.45, 2.75) is 19.9 Å². The number of anilines is 1.